The number of fused-ring (bicyclic) bond motifs is 1. The van der Waals surface area contributed by atoms with Crippen LogP contribution in [0.15, 0.2) is 59.5 Å². The van der Waals surface area contributed by atoms with E-state index in [4.69, 9.17) is 5.73 Å². The summed E-state index contributed by atoms with van der Waals surface area (Å²) in [5, 5.41) is 11.9. The monoisotopic (exact) mass is 473 g/mol. The van der Waals surface area contributed by atoms with Gasteiger partial charge in [0, 0.05) is 19.0 Å². The van der Waals surface area contributed by atoms with E-state index in [-0.39, 0.29) is 23.4 Å². The van der Waals surface area contributed by atoms with Crippen LogP contribution < -0.4 is 11.1 Å². The van der Waals surface area contributed by atoms with E-state index in [1.807, 2.05) is 5.32 Å². The number of hydrogen-bond donors (Lipinski definition) is 3. The highest BCUT2D eigenvalue weighted by Crippen LogP contribution is 2.25. The third-order valence-electron chi connectivity index (χ3n) is 5.35. The van der Waals surface area contributed by atoms with Crippen LogP contribution >= 0.6 is 0 Å². The second-order valence-corrected chi connectivity index (χ2v) is 9.69. The number of sulfone groups is 1. The van der Waals surface area contributed by atoms with Gasteiger partial charge >= 0.3 is 5.97 Å². The molecule has 0 radical (unpaired) electrons. The molecule has 0 aromatic heterocycles. The number of carbonyl (C=O) groups is 4. The summed E-state index contributed by atoms with van der Waals surface area (Å²) < 4.78 is 25.7. The van der Waals surface area contributed by atoms with E-state index in [1.54, 1.807) is 24.3 Å². The Morgan fingerprint density at radius 3 is 2.33 bits per heavy atom. The molecule has 33 heavy (non-hydrogen) atoms. The van der Waals surface area contributed by atoms with E-state index in [2.05, 4.69) is 0 Å². The first-order valence-electron chi connectivity index (χ1n) is 9.98. The average molecular weight is 474 g/mol. The number of rotatable bonds is 8. The molecule has 2 amide bonds. The minimum absolute atomic E-state index is 0.0938. The second kappa shape index (κ2) is 9.12. The largest absolute Gasteiger partial charge is 0.478 e. The lowest BCUT2D eigenvalue weighted by atomic mass is 9.91. The van der Waals surface area contributed by atoms with Gasteiger partial charge in [0.15, 0.2) is 15.6 Å². The lowest BCUT2D eigenvalue weighted by Crippen LogP contribution is -2.75. The number of ketones is 1. The van der Waals surface area contributed by atoms with Gasteiger partial charge in [-0.2, -0.15) is 0 Å². The minimum atomic E-state index is -4.18. The number of carboxylic acid groups (broad SMARTS) is 1. The van der Waals surface area contributed by atoms with Gasteiger partial charge < -0.3 is 15.3 Å². The maximum Gasteiger partial charge on any atom is 0.347 e. The molecule has 4 N–H and O–H groups in total. The first-order chi connectivity index (χ1) is 15.5. The maximum absolute atomic E-state index is 13.4. The number of benzene rings is 2. The molecule has 1 aliphatic heterocycles. The number of carboxylic acids is 1. The van der Waals surface area contributed by atoms with Crippen molar-refractivity contribution in [2.75, 3.05) is 12.3 Å². The fourth-order valence-electron chi connectivity index (χ4n) is 3.87. The molecular weight excluding hydrogens is 450 g/mol. The maximum atomic E-state index is 13.4. The Morgan fingerprint density at radius 2 is 1.73 bits per heavy atom. The summed E-state index contributed by atoms with van der Waals surface area (Å²) in [5.41, 5.74) is 4.20. The number of nitrogens with two attached hydrogens (primary N) is 1. The van der Waals surface area contributed by atoms with Crippen molar-refractivity contribution in [1.29, 1.82) is 0 Å². The zero-order valence-corrected chi connectivity index (χ0v) is 18.5. The van der Waals surface area contributed by atoms with Crippen LogP contribution in [0.25, 0.3) is 0 Å². The van der Waals surface area contributed by atoms with Gasteiger partial charge in [0.05, 0.1) is 4.90 Å². The van der Waals surface area contributed by atoms with Crippen LogP contribution in [0.1, 0.15) is 22.8 Å². The molecular formula is C22H23N3O7S. The number of aliphatic carboxylic acids is 1. The third-order valence-corrected chi connectivity index (χ3v) is 7.00. The van der Waals surface area contributed by atoms with Crippen LogP contribution in [-0.4, -0.2) is 66.0 Å². The smallest absolute Gasteiger partial charge is 0.347 e. The topological polar surface area (TPSA) is 164 Å². The van der Waals surface area contributed by atoms with Gasteiger partial charge in [-0.1, -0.05) is 36.4 Å². The van der Waals surface area contributed by atoms with E-state index >= 15 is 0 Å². The molecule has 0 saturated heterocycles. The van der Waals surface area contributed by atoms with E-state index in [0.717, 1.165) is 11.8 Å². The Kier molecular flexibility index (Phi) is 6.65. The number of nitrogens with one attached hydrogen (secondary N) is 1. The number of Topliss-reactive ketones (excluding diaryl/α,β-unsaturated/α-hetero) is 1. The summed E-state index contributed by atoms with van der Waals surface area (Å²) in [6, 6.07) is 11.7. The van der Waals surface area contributed by atoms with Crippen LogP contribution in [0.5, 0.6) is 0 Å². The Hall–Kier alpha value is -3.57. The molecule has 0 spiro atoms. The standard InChI is InChI=1S/C22H23N3O7S/c1-14(26)24-22(23,21(29)30)19(18(27)13-33(31,32)16-8-3-2-4-9-16)25-12-11-15-7-5-6-10-17(15)20(25)28/h2-10,19H,11-13,23H2,1H3,(H,24,26)(H,29,30). The Labute approximate surface area is 190 Å². The zero-order chi connectivity index (χ0) is 24.4. The predicted octanol–water partition coefficient (Wildman–Crippen LogP) is -0.0278. The number of carbonyl (C=O) groups excluding carboxylic acids is 3. The molecule has 3 rings (SSSR count). The normalized spacial score (nSPS) is 16.3. The highest BCUT2D eigenvalue weighted by molar-refractivity contribution is 7.92. The van der Waals surface area contributed by atoms with Gasteiger partial charge in [-0.15, -0.1) is 0 Å². The van der Waals surface area contributed by atoms with Crippen molar-refractivity contribution in [3.8, 4) is 0 Å². The number of hydrogen-bond acceptors (Lipinski definition) is 7. The fraction of sp³-hybridized carbons (Fsp3) is 0.273. The van der Waals surface area contributed by atoms with E-state index < -0.39 is 50.9 Å². The summed E-state index contributed by atoms with van der Waals surface area (Å²) in [6.45, 7) is 0.906. The lowest BCUT2D eigenvalue weighted by molar-refractivity contribution is -0.153. The van der Waals surface area contributed by atoms with Crippen LogP contribution in [0.2, 0.25) is 0 Å². The minimum Gasteiger partial charge on any atom is -0.478 e. The van der Waals surface area contributed by atoms with Gasteiger partial charge in [-0.05, 0) is 30.2 Å². The third kappa shape index (κ3) is 4.78. The van der Waals surface area contributed by atoms with Crippen LogP contribution in [0.3, 0.4) is 0 Å². The Bertz CT molecular complexity index is 1210. The summed E-state index contributed by atoms with van der Waals surface area (Å²) in [6.07, 6.45) is 0.285. The molecule has 1 heterocycles. The van der Waals surface area contributed by atoms with Crippen molar-refractivity contribution in [3.05, 3.63) is 65.7 Å². The van der Waals surface area contributed by atoms with Crippen molar-refractivity contribution in [2.45, 2.75) is 29.9 Å². The van der Waals surface area contributed by atoms with E-state index in [0.29, 0.717) is 5.56 Å². The number of amides is 2. The second-order valence-electron chi connectivity index (χ2n) is 7.70. The molecule has 2 unspecified atom stereocenters. The molecule has 2 atom stereocenters. The lowest BCUT2D eigenvalue weighted by Gasteiger charge is -2.42. The van der Waals surface area contributed by atoms with Gasteiger partial charge in [-0.3, -0.25) is 20.1 Å². The average Bonchev–Trinajstić information content (AvgIpc) is 2.75. The van der Waals surface area contributed by atoms with Crippen LogP contribution in [0.4, 0.5) is 0 Å². The number of nitrogens with zero attached hydrogens (tertiary/aromatic N) is 1. The quantitative estimate of drug-likeness (QED) is 0.450. The molecule has 174 valence electrons. The Morgan fingerprint density at radius 1 is 1.12 bits per heavy atom. The van der Waals surface area contributed by atoms with E-state index in [9.17, 15) is 32.7 Å². The van der Waals surface area contributed by atoms with Crippen molar-refractivity contribution < 1.29 is 32.7 Å². The highest BCUT2D eigenvalue weighted by atomic mass is 32.2. The SMILES string of the molecule is CC(=O)NC(N)(C(=O)O)C(C(=O)CS(=O)(=O)c1ccccc1)N1CCc2ccccc2C1=O. The zero-order valence-electron chi connectivity index (χ0n) is 17.7. The van der Waals surface area contributed by atoms with Crippen molar-refractivity contribution in [3.63, 3.8) is 0 Å². The fourth-order valence-corrected chi connectivity index (χ4v) is 5.14. The van der Waals surface area contributed by atoms with Gasteiger partial charge in [-0.25, -0.2) is 13.2 Å². The van der Waals surface area contributed by atoms with Gasteiger partial charge in [0.25, 0.3) is 5.91 Å². The van der Waals surface area contributed by atoms with Crippen molar-refractivity contribution in [1.82, 2.24) is 10.2 Å². The molecule has 0 fully saturated rings. The molecule has 2 aromatic carbocycles. The first kappa shape index (κ1) is 24.1. The molecule has 2 aromatic rings. The molecule has 0 saturated carbocycles. The van der Waals surface area contributed by atoms with Crippen molar-refractivity contribution in [2.24, 2.45) is 5.73 Å². The summed E-state index contributed by atoms with van der Waals surface area (Å²) in [7, 11) is -4.18. The highest BCUT2D eigenvalue weighted by Gasteiger charge is 2.53. The molecule has 11 heteroatoms. The first-order valence-corrected chi connectivity index (χ1v) is 11.6. The predicted molar refractivity (Wildman–Crippen MR) is 117 cm³/mol. The molecule has 0 aliphatic carbocycles. The molecule has 10 nitrogen and oxygen atoms in total. The summed E-state index contributed by atoms with van der Waals surface area (Å²) in [4.78, 5) is 51.3. The van der Waals surface area contributed by atoms with Crippen LogP contribution in [-0.2, 0) is 30.6 Å². The van der Waals surface area contributed by atoms with Gasteiger partial charge in [0.1, 0.15) is 11.8 Å². The van der Waals surface area contributed by atoms with Crippen molar-refractivity contribution >= 4 is 33.4 Å². The molecule has 1 aliphatic rings. The van der Waals surface area contributed by atoms with Gasteiger partial charge in [0.2, 0.25) is 11.6 Å². The van der Waals surface area contributed by atoms with E-state index in [1.165, 1.54) is 30.3 Å². The summed E-state index contributed by atoms with van der Waals surface area (Å²) >= 11 is 0. The van der Waals surface area contributed by atoms with Crippen LogP contribution in [0, 0.1) is 0 Å². The molecule has 0 bridgehead atoms. The Balaban J connectivity index is 2.08. The summed E-state index contributed by atoms with van der Waals surface area (Å²) in [5.74, 6) is -5.59.